The molecule has 6 heteroatoms. The van der Waals surface area contributed by atoms with E-state index in [-0.39, 0.29) is 24.3 Å². The highest BCUT2D eigenvalue weighted by Crippen LogP contribution is 2.33. The first-order chi connectivity index (χ1) is 15.6. The maximum absolute atomic E-state index is 13.4. The Labute approximate surface area is 186 Å². The first kappa shape index (κ1) is 20.0. The number of carbonyl (C=O) groups excluding carboxylic acids is 3. The van der Waals surface area contributed by atoms with Crippen LogP contribution in [-0.4, -0.2) is 41.8 Å². The zero-order valence-corrected chi connectivity index (χ0v) is 17.5. The van der Waals surface area contributed by atoms with Crippen molar-refractivity contribution in [1.29, 1.82) is 0 Å². The van der Waals surface area contributed by atoms with Gasteiger partial charge in [0.25, 0.3) is 5.91 Å². The summed E-state index contributed by atoms with van der Waals surface area (Å²) < 4.78 is 0. The lowest BCUT2D eigenvalue weighted by atomic mass is 10.0. The van der Waals surface area contributed by atoms with Crippen LogP contribution in [0, 0.1) is 0 Å². The van der Waals surface area contributed by atoms with Crippen LogP contribution in [-0.2, 0) is 9.59 Å². The third-order valence-corrected chi connectivity index (χ3v) is 6.08. The van der Waals surface area contributed by atoms with Crippen molar-refractivity contribution in [3.05, 3.63) is 84.4 Å². The third-order valence-electron chi connectivity index (χ3n) is 6.08. The molecular formula is C26H23N3O3. The molecule has 1 atom stereocenters. The fourth-order valence-corrected chi connectivity index (χ4v) is 4.57. The molecular weight excluding hydrogens is 402 g/mol. The SMILES string of the molecule is O=C(CN1C(=O)[C@H]2CCCN2C(=O)c2ccccc21)Nc1ccccc1-c1ccccc1. The summed E-state index contributed by atoms with van der Waals surface area (Å²) in [6, 6.07) is 23.9. The van der Waals surface area contributed by atoms with Crippen LogP contribution in [0.25, 0.3) is 11.1 Å². The molecule has 5 rings (SSSR count). The fraction of sp³-hybridized carbons (Fsp3) is 0.192. The maximum Gasteiger partial charge on any atom is 0.256 e. The van der Waals surface area contributed by atoms with Gasteiger partial charge in [-0.05, 0) is 36.6 Å². The minimum atomic E-state index is -0.515. The zero-order valence-electron chi connectivity index (χ0n) is 17.5. The van der Waals surface area contributed by atoms with Crippen molar-refractivity contribution in [3.63, 3.8) is 0 Å². The van der Waals surface area contributed by atoms with Crippen LogP contribution in [0.15, 0.2) is 78.9 Å². The average molecular weight is 425 g/mol. The summed E-state index contributed by atoms with van der Waals surface area (Å²) in [4.78, 5) is 42.6. The van der Waals surface area contributed by atoms with E-state index in [0.717, 1.165) is 17.5 Å². The number of nitrogens with zero attached hydrogens (tertiary/aromatic N) is 2. The molecule has 2 aliphatic rings. The van der Waals surface area contributed by atoms with Crippen molar-refractivity contribution < 1.29 is 14.4 Å². The summed E-state index contributed by atoms with van der Waals surface area (Å²) in [6.07, 6.45) is 1.41. The molecule has 2 aliphatic heterocycles. The van der Waals surface area contributed by atoms with Gasteiger partial charge in [-0.15, -0.1) is 0 Å². The van der Waals surface area contributed by atoms with Crippen LogP contribution < -0.4 is 10.2 Å². The number of carbonyl (C=O) groups is 3. The first-order valence-corrected chi connectivity index (χ1v) is 10.8. The summed E-state index contributed by atoms with van der Waals surface area (Å²) >= 11 is 0. The van der Waals surface area contributed by atoms with E-state index in [1.54, 1.807) is 29.2 Å². The Bertz CT molecular complexity index is 1190. The second-order valence-electron chi connectivity index (χ2n) is 8.06. The van der Waals surface area contributed by atoms with Crippen molar-refractivity contribution in [3.8, 4) is 11.1 Å². The van der Waals surface area contributed by atoms with Gasteiger partial charge in [-0.1, -0.05) is 60.7 Å². The molecule has 160 valence electrons. The number of nitrogens with one attached hydrogen (secondary N) is 1. The van der Waals surface area contributed by atoms with E-state index in [1.807, 2.05) is 54.6 Å². The molecule has 3 aromatic rings. The van der Waals surface area contributed by atoms with Gasteiger partial charge in [0, 0.05) is 17.8 Å². The van der Waals surface area contributed by atoms with Crippen LogP contribution >= 0.6 is 0 Å². The molecule has 0 aromatic heterocycles. The maximum atomic E-state index is 13.4. The van der Waals surface area contributed by atoms with Gasteiger partial charge in [0.2, 0.25) is 11.8 Å². The summed E-state index contributed by atoms with van der Waals surface area (Å²) in [5.74, 6) is -0.656. The standard InChI is InChI=1S/C26H23N3O3/c30-24(27-21-13-6-4-11-19(21)18-9-2-1-3-10-18)17-29-22-14-7-5-12-20(22)25(31)28-16-8-15-23(28)26(29)32/h1-7,9-14,23H,8,15-17H2,(H,27,30)/t23-/m1/s1. The van der Waals surface area contributed by atoms with E-state index in [2.05, 4.69) is 5.32 Å². The van der Waals surface area contributed by atoms with Crippen molar-refractivity contribution in [1.82, 2.24) is 4.90 Å². The largest absolute Gasteiger partial charge is 0.327 e. The molecule has 1 fully saturated rings. The van der Waals surface area contributed by atoms with E-state index >= 15 is 0 Å². The number of anilines is 2. The normalized spacial score (nSPS) is 17.6. The third kappa shape index (κ3) is 3.54. The minimum absolute atomic E-state index is 0.145. The van der Waals surface area contributed by atoms with E-state index in [1.165, 1.54) is 4.90 Å². The van der Waals surface area contributed by atoms with Crippen LogP contribution in [0.1, 0.15) is 23.2 Å². The molecule has 1 N–H and O–H groups in total. The molecule has 0 radical (unpaired) electrons. The number of hydrogen-bond acceptors (Lipinski definition) is 3. The lowest BCUT2D eigenvalue weighted by Crippen LogP contribution is -2.47. The van der Waals surface area contributed by atoms with Crippen molar-refractivity contribution >= 4 is 29.1 Å². The molecule has 1 saturated heterocycles. The van der Waals surface area contributed by atoms with Crippen molar-refractivity contribution in [2.45, 2.75) is 18.9 Å². The van der Waals surface area contributed by atoms with Crippen LogP contribution in [0.5, 0.6) is 0 Å². The summed E-state index contributed by atoms with van der Waals surface area (Å²) in [7, 11) is 0. The molecule has 6 nitrogen and oxygen atoms in total. The van der Waals surface area contributed by atoms with Gasteiger partial charge in [-0.2, -0.15) is 0 Å². The highest BCUT2D eigenvalue weighted by Gasteiger charge is 2.42. The Hall–Kier alpha value is -3.93. The molecule has 0 aliphatic carbocycles. The number of amides is 3. The monoisotopic (exact) mass is 425 g/mol. The topological polar surface area (TPSA) is 69.7 Å². The molecule has 3 aromatic carbocycles. The van der Waals surface area contributed by atoms with Gasteiger partial charge < -0.3 is 15.1 Å². The Kier molecular flexibility index (Phi) is 5.19. The average Bonchev–Trinajstić information content (AvgIpc) is 3.30. The molecule has 0 spiro atoms. The number of para-hydroxylation sites is 2. The van der Waals surface area contributed by atoms with Crippen molar-refractivity contribution in [2.24, 2.45) is 0 Å². The number of fused-ring (bicyclic) bond motifs is 2. The van der Waals surface area contributed by atoms with E-state index in [0.29, 0.717) is 29.9 Å². The second kappa shape index (κ2) is 8.30. The molecule has 0 unspecified atom stereocenters. The van der Waals surface area contributed by atoms with Crippen LogP contribution in [0.2, 0.25) is 0 Å². The van der Waals surface area contributed by atoms with Crippen LogP contribution in [0.4, 0.5) is 11.4 Å². The van der Waals surface area contributed by atoms with E-state index < -0.39 is 6.04 Å². The number of rotatable bonds is 4. The summed E-state index contributed by atoms with van der Waals surface area (Å²) in [5, 5.41) is 2.97. The molecule has 0 saturated carbocycles. The van der Waals surface area contributed by atoms with Gasteiger partial charge in [-0.25, -0.2) is 0 Å². The Morgan fingerprint density at radius 3 is 2.38 bits per heavy atom. The van der Waals surface area contributed by atoms with Gasteiger partial charge in [0.15, 0.2) is 0 Å². The molecule has 2 heterocycles. The quantitative estimate of drug-likeness (QED) is 0.688. The Balaban J connectivity index is 1.44. The Morgan fingerprint density at radius 1 is 0.875 bits per heavy atom. The number of hydrogen-bond donors (Lipinski definition) is 1. The second-order valence-corrected chi connectivity index (χ2v) is 8.06. The summed E-state index contributed by atoms with van der Waals surface area (Å²) in [5.41, 5.74) is 3.52. The predicted molar refractivity (Wildman–Crippen MR) is 123 cm³/mol. The lowest BCUT2D eigenvalue weighted by molar-refractivity contribution is -0.124. The van der Waals surface area contributed by atoms with Gasteiger partial charge in [0.05, 0.1) is 11.3 Å². The highest BCUT2D eigenvalue weighted by atomic mass is 16.2. The van der Waals surface area contributed by atoms with E-state index in [4.69, 9.17) is 0 Å². The molecule has 0 bridgehead atoms. The first-order valence-electron chi connectivity index (χ1n) is 10.8. The smallest absolute Gasteiger partial charge is 0.256 e. The van der Waals surface area contributed by atoms with Gasteiger partial charge in [0.1, 0.15) is 12.6 Å². The highest BCUT2D eigenvalue weighted by molar-refractivity contribution is 6.13. The Morgan fingerprint density at radius 2 is 1.56 bits per heavy atom. The van der Waals surface area contributed by atoms with Gasteiger partial charge >= 0.3 is 0 Å². The molecule has 3 amide bonds. The zero-order chi connectivity index (χ0) is 22.1. The van der Waals surface area contributed by atoms with Crippen LogP contribution in [0.3, 0.4) is 0 Å². The van der Waals surface area contributed by atoms with Crippen molar-refractivity contribution in [2.75, 3.05) is 23.3 Å². The van der Waals surface area contributed by atoms with E-state index in [9.17, 15) is 14.4 Å². The predicted octanol–water partition coefficient (Wildman–Crippen LogP) is 3.94. The molecule has 32 heavy (non-hydrogen) atoms. The summed E-state index contributed by atoms with van der Waals surface area (Å²) in [6.45, 7) is 0.407. The minimum Gasteiger partial charge on any atom is -0.327 e. The number of benzene rings is 3. The van der Waals surface area contributed by atoms with Gasteiger partial charge in [-0.3, -0.25) is 14.4 Å². The lowest BCUT2D eigenvalue weighted by Gasteiger charge is -2.25. The fourth-order valence-electron chi connectivity index (χ4n) is 4.57.